The number of aliphatic hydroxyl groups excluding tert-OH is 1. The first kappa shape index (κ1) is 10.1. The highest BCUT2D eigenvalue weighted by molar-refractivity contribution is 5.65. The second-order valence-corrected chi connectivity index (χ2v) is 3.03. The van der Waals surface area contributed by atoms with Crippen molar-refractivity contribution >= 4 is 6.09 Å². The van der Waals surface area contributed by atoms with Crippen molar-refractivity contribution in [3.05, 3.63) is 0 Å². The average Bonchev–Trinajstić information content (AvgIpc) is 1.99. The molecule has 0 spiro atoms. The van der Waals surface area contributed by atoms with E-state index in [1.165, 1.54) is 0 Å². The minimum Gasteiger partial charge on any atom is -0.465 e. The number of likely N-dealkylation sites (tertiary alicyclic amines) is 1. The number of nitrogens with zero attached hydrogens (tertiary/aromatic N) is 1. The van der Waals surface area contributed by atoms with Crippen LogP contribution in [0.1, 0.15) is 0 Å². The van der Waals surface area contributed by atoms with Gasteiger partial charge in [0.15, 0.2) is 0 Å². The fourth-order valence-corrected chi connectivity index (χ4v) is 1.23. The van der Waals surface area contributed by atoms with Crippen molar-refractivity contribution in [3.63, 3.8) is 0 Å². The molecule has 0 aromatic heterocycles. The van der Waals surface area contributed by atoms with E-state index in [4.69, 9.17) is 15.9 Å². The Balaban J connectivity index is 2.76. The number of carboxylic acid groups (broad SMARTS) is 1. The van der Waals surface area contributed by atoms with Gasteiger partial charge in [0, 0.05) is 6.54 Å². The van der Waals surface area contributed by atoms with Crippen LogP contribution in [-0.4, -0.2) is 52.4 Å². The van der Waals surface area contributed by atoms with Crippen molar-refractivity contribution < 1.29 is 23.8 Å². The maximum atomic E-state index is 12.8. The van der Waals surface area contributed by atoms with Crippen LogP contribution in [-0.2, 0) is 0 Å². The van der Waals surface area contributed by atoms with E-state index >= 15 is 0 Å². The fraction of sp³-hybridized carbons (Fsp3) is 0.833. The van der Waals surface area contributed by atoms with E-state index in [-0.39, 0.29) is 6.54 Å². The smallest absolute Gasteiger partial charge is 0.407 e. The molecule has 1 amide bonds. The number of nitrogens with two attached hydrogens (primary N) is 1. The third-order valence-electron chi connectivity index (χ3n) is 1.94. The summed E-state index contributed by atoms with van der Waals surface area (Å²) in [6.07, 6.45) is -3.43. The monoisotopic (exact) mass is 196 g/mol. The van der Waals surface area contributed by atoms with Crippen LogP contribution in [0.25, 0.3) is 0 Å². The molecule has 0 aromatic rings. The van der Waals surface area contributed by atoms with Crippen LogP contribution in [0.3, 0.4) is 0 Å². The van der Waals surface area contributed by atoms with E-state index in [0.717, 1.165) is 0 Å². The van der Waals surface area contributed by atoms with Gasteiger partial charge in [-0.15, -0.1) is 0 Å². The third-order valence-corrected chi connectivity index (χ3v) is 1.94. The summed E-state index contributed by atoms with van der Waals surface area (Å²) in [6, 6.07) is -1.24. The molecule has 5 nitrogen and oxygen atoms in total. The number of halogens is 2. The van der Waals surface area contributed by atoms with Gasteiger partial charge in [-0.3, -0.25) is 0 Å². The number of carbonyl (C=O) groups is 1. The van der Waals surface area contributed by atoms with Gasteiger partial charge in [-0.05, 0) is 0 Å². The second-order valence-electron chi connectivity index (χ2n) is 3.03. The number of aliphatic hydroxyl groups is 1. The Morgan fingerprint density at radius 1 is 1.62 bits per heavy atom. The van der Waals surface area contributed by atoms with E-state index in [1.54, 1.807) is 0 Å². The van der Waals surface area contributed by atoms with Crippen LogP contribution in [0.5, 0.6) is 0 Å². The van der Waals surface area contributed by atoms with Crippen molar-refractivity contribution in [2.24, 2.45) is 5.73 Å². The summed E-state index contributed by atoms with van der Waals surface area (Å²) < 4.78 is 25.6. The van der Waals surface area contributed by atoms with Gasteiger partial charge in [0.1, 0.15) is 6.10 Å². The first-order chi connectivity index (χ1) is 5.84. The second kappa shape index (κ2) is 3.08. The number of rotatable bonds is 0. The van der Waals surface area contributed by atoms with Crippen molar-refractivity contribution in [2.75, 3.05) is 13.1 Å². The highest BCUT2D eigenvalue weighted by Gasteiger charge is 2.49. The molecule has 0 aromatic carbocycles. The largest absolute Gasteiger partial charge is 0.465 e. The van der Waals surface area contributed by atoms with Gasteiger partial charge >= 0.3 is 6.09 Å². The normalized spacial score (nSPS) is 33.1. The van der Waals surface area contributed by atoms with Crippen LogP contribution in [0.4, 0.5) is 13.6 Å². The molecule has 0 unspecified atom stereocenters. The highest BCUT2D eigenvalue weighted by atomic mass is 19.3. The Labute approximate surface area is 72.7 Å². The quantitative estimate of drug-likeness (QED) is 0.478. The minimum atomic E-state index is -3.46. The van der Waals surface area contributed by atoms with E-state index in [1.807, 2.05) is 0 Å². The molecular weight excluding hydrogens is 186 g/mol. The number of amides is 1. The van der Waals surface area contributed by atoms with Crippen LogP contribution in [0.2, 0.25) is 0 Å². The molecule has 76 valence electrons. The molecule has 7 heteroatoms. The van der Waals surface area contributed by atoms with Crippen LogP contribution in [0.15, 0.2) is 0 Å². The highest BCUT2D eigenvalue weighted by Crippen LogP contribution is 2.26. The lowest BCUT2D eigenvalue weighted by atomic mass is 10.00. The number of hydrogen-bond acceptors (Lipinski definition) is 3. The van der Waals surface area contributed by atoms with Gasteiger partial charge in [-0.1, -0.05) is 0 Å². The van der Waals surface area contributed by atoms with Gasteiger partial charge in [0.2, 0.25) is 0 Å². The minimum absolute atomic E-state index is 0.272. The van der Waals surface area contributed by atoms with Crippen LogP contribution in [0, 0.1) is 0 Å². The lowest BCUT2D eigenvalue weighted by Crippen LogP contribution is -2.63. The van der Waals surface area contributed by atoms with Crippen molar-refractivity contribution in [3.8, 4) is 0 Å². The lowest BCUT2D eigenvalue weighted by molar-refractivity contribution is -0.151. The van der Waals surface area contributed by atoms with E-state index in [9.17, 15) is 13.6 Å². The van der Waals surface area contributed by atoms with Gasteiger partial charge in [0.05, 0.1) is 12.6 Å². The molecule has 0 aliphatic carbocycles. The van der Waals surface area contributed by atoms with Gasteiger partial charge < -0.3 is 20.8 Å². The molecular formula is C6H10F2N2O3. The molecule has 1 fully saturated rings. The Kier molecular flexibility index (Phi) is 2.40. The molecule has 1 aliphatic rings. The summed E-state index contributed by atoms with van der Waals surface area (Å²) in [5.41, 5.74) is 5.15. The number of hydrogen-bond donors (Lipinski definition) is 3. The maximum absolute atomic E-state index is 12.8. The summed E-state index contributed by atoms with van der Waals surface area (Å²) in [5, 5.41) is 17.3. The molecule has 1 aliphatic heterocycles. The number of piperidine rings is 1. The first-order valence-electron chi connectivity index (χ1n) is 3.64. The third kappa shape index (κ3) is 1.86. The molecule has 4 N–H and O–H groups in total. The Bertz CT molecular complexity index is 224. The summed E-state index contributed by atoms with van der Waals surface area (Å²) in [5.74, 6) is -3.46. The molecule has 1 rings (SSSR count). The molecule has 1 heterocycles. The average molecular weight is 196 g/mol. The predicted octanol–water partition coefficient (Wildman–Crippen LogP) is -0.697. The van der Waals surface area contributed by atoms with Crippen LogP contribution >= 0.6 is 0 Å². The zero-order valence-corrected chi connectivity index (χ0v) is 6.65. The van der Waals surface area contributed by atoms with Crippen molar-refractivity contribution in [1.29, 1.82) is 0 Å². The summed E-state index contributed by atoms with van der Waals surface area (Å²) in [4.78, 5) is 10.8. The van der Waals surface area contributed by atoms with Crippen molar-refractivity contribution in [1.82, 2.24) is 4.90 Å². The van der Waals surface area contributed by atoms with Crippen LogP contribution < -0.4 is 5.73 Å². The number of alkyl halides is 2. The standard InChI is InChI=1S/C6H10F2N2O3/c7-6(8)2-10(5(12)13)1-3(9)4(6)11/h3-4,11H,1-2,9H2,(H,12,13)/t3-,4-/m1/s1. The zero-order chi connectivity index (χ0) is 10.2. The Morgan fingerprint density at radius 2 is 2.15 bits per heavy atom. The molecule has 13 heavy (non-hydrogen) atoms. The summed E-state index contributed by atoms with van der Waals surface area (Å²) >= 11 is 0. The summed E-state index contributed by atoms with van der Waals surface area (Å²) in [7, 11) is 0. The topological polar surface area (TPSA) is 86.8 Å². The molecule has 0 radical (unpaired) electrons. The maximum Gasteiger partial charge on any atom is 0.407 e. The fourth-order valence-electron chi connectivity index (χ4n) is 1.23. The Hall–Kier alpha value is -0.950. The molecule has 2 atom stereocenters. The zero-order valence-electron chi connectivity index (χ0n) is 6.65. The first-order valence-corrected chi connectivity index (χ1v) is 3.64. The lowest BCUT2D eigenvalue weighted by Gasteiger charge is -2.38. The van der Waals surface area contributed by atoms with E-state index in [2.05, 4.69) is 0 Å². The van der Waals surface area contributed by atoms with E-state index in [0.29, 0.717) is 4.90 Å². The molecule has 1 saturated heterocycles. The molecule has 0 bridgehead atoms. The van der Waals surface area contributed by atoms with Gasteiger partial charge in [0.25, 0.3) is 5.92 Å². The van der Waals surface area contributed by atoms with E-state index < -0.39 is 30.7 Å². The Morgan fingerprint density at radius 3 is 2.54 bits per heavy atom. The van der Waals surface area contributed by atoms with Crippen molar-refractivity contribution in [2.45, 2.75) is 18.1 Å². The molecule has 0 saturated carbocycles. The van der Waals surface area contributed by atoms with Gasteiger partial charge in [-0.2, -0.15) is 0 Å². The SMILES string of the molecule is N[C@@H]1CN(C(=O)O)CC(F)(F)[C@@H]1O. The van der Waals surface area contributed by atoms with Gasteiger partial charge in [-0.25, -0.2) is 13.6 Å². The predicted molar refractivity (Wildman–Crippen MR) is 38.5 cm³/mol. The summed E-state index contributed by atoms with van der Waals surface area (Å²) in [6.45, 7) is -1.27.